The van der Waals surface area contributed by atoms with Crippen molar-refractivity contribution in [1.82, 2.24) is 29.8 Å². The van der Waals surface area contributed by atoms with Crippen molar-refractivity contribution in [3.05, 3.63) is 36.7 Å². The number of nitrogens with zero attached hydrogens (tertiary/aromatic N) is 4. The Bertz CT molecular complexity index is 961. The summed E-state index contributed by atoms with van der Waals surface area (Å²) in [5.41, 5.74) is 1.24. The number of alkyl halides is 3. The highest BCUT2D eigenvalue weighted by Gasteiger charge is 2.35. The van der Waals surface area contributed by atoms with Gasteiger partial charge in [-0.3, -0.25) is 14.1 Å². The van der Waals surface area contributed by atoms with E-state index < -0.39 is 18.4 Å². The summed E-state index contributed by atoms with van der Waals surface area (Å²) in [5.74, 6) is -0.103. The maximum Gasteiger partial charge on any atom is 0.522 e. The van der Waals surface area contributed by atoms with E-state index in [0.29, 0.717) is 29.8 Å². The first-order valence-corrected chi connectivity index (χ1v) is 8.78. The Morgan fingerprint density at radius 1 is 1.25 bits per heavy atom. The standard InChI is InChI=1S/C17H17F3N6O2/c18-17(19,20)28-11-3-1-10(2-4-11)23-15(27)14-13-12(5-6-22-13)24-16(25-14)26-8-7-21-9-26/h5-11,22H,1-4H2,(H,23,27)/t10-,11-. The van der Waals surface area contributed by atoms with Crippen LogP contribution in [0.1, 0.15) is 36.2 Å². The number of aromatic amines is 1. The van der Waals surface area contributed by atoms with Gasteiger partial charge in [0, 0.05) is 24.6 Å². The second kappa shape index (κ2) is 7.23. The predicted molar refractivity (Wildman–Crippen MR) is 91.7 cm³/mol. The van der Waals surface area contributed by atoms with Crippen molar-refractivity contribution in [2.45, 2.75) is 44.2 Å². The molecule has 1 aliphatic carbocycles. The van der Waals surface area contributed by atoms with Gasteiger partial charge in [-0.05, 0) is 31.7 Å². The molecule has 0 saturated heterocycles. The number of imidazole rings is 1. The van der Waals surface area contributed by atoms with Crippen LogP contribution in [0.4, 0.5) is 13.2 Å². The third-order valence-electron chi connectivity index (χ3n) is 4.65. The van der Waals surface area contributed by atoms with Crippen LogP contribution < -0.4 is 5.32 Å². The van der Waals surface area contributed by atoms with E-state index >= 15 is 0 Å². The van der Waals surface area contributed by atoms with E-state index in [9.17, 15) is 18.0 Å². The average molecular weight is 394 g/mol. The van der Waals surface area contributed by atoms with Crippen LogP contribution in [-0.4, -0.2) is 48.9 Å². The third kappa shape index (κ3) is 3.98. The highest BCUT2D eigenvalue weighted by atomic mass is 19.4. The maximum atomic E-state index is 12.8. The summed E-state index contributed by atoms with van der Waals surface area (Å²) in [6.07, 6.45) is 2.19. The minimum absolute atomic E-state index is 0.173. The van der Waals surface area contributed by atoms with Crippen molar-refractivity contribution in [3.8, 4) is 5.95 Å². The van der Waals surface area contributed by atoms with E-state index in [1.165, 1.54) is 6.33 Å². The molecule has 3 aromatic heterocycles. The topological polar surface area (TPSA) is 97.7 Å². The number of ether oxygens (including phenoxy) is 1. The minimum Gasteiger partial charge on any atom is -0.358 e. The third-order valence-corrected chi connectivity index (χ3v) is 4.65. The smallest absolute Gasteiger partial charge is 0.358 e. The number of rotatable bonds is 4. The van der Waals surface area contributed by atoms with Gasteiger partial charge in [0.1, 0.15) is 6.33 Å². The highest BCUT2D eigenvalue weighted by Crippen LogP contribution is 2.28. The second-order valence-electron chi connectivity index (χ2n) is 6.59. The normalized spacial score (nSPS) is 20.4. The van der Waals surface area contributed by atoms with Crippen LogP contribution in [0.5, 0.6) is 0 Å². The molecule has 28 heavy (non-hydrogen) atoms. The van der Waals surface area contributed by atoms with Gasteiger partial charge in [0.05, 0.1) is 17.1 Å². The fraction of sp³-hybridized carbons (Fsp3) is 0.412. The van der Waals surface area contributed by atoms with Gasteiger partial charge in [-0.2, -0.15) is 0 Å². The summed E-state index contributed by atoms with van der Waals surface area (Å²) in [6, 6.07) is 1.49. The molecule has 1 saturated carbocycles. The Hall–Kier alpha value is -2.95. The Kier molecular flexibility index (Phi) is 4.75. The summed E-state index contributed by atoms with van der Waals surface area (Å²) < 4.78 is 42.6. The van der Waals surface area contributed by atoms with Gasteiger partial charge < -0.3 is 10.3 Å². The molecule has 3 aromatic rings. The van der Waals surface area contributed by atoms with Gasteiger partial charge in [-0.1, -0.05) is 0 Å². The molecule has 11 heteroatoms. The predicted octanol–water partition coefficient (Wildman–Crippen LogP) is 2.72. The number of hydrogen-bond acceptors (Lipinski definition) is 5. The van der Waals surface area contributed by atoms with Crippen LogP contribution in [0.3, 0.4) is 0 Å². The molecule has 0 radical (unpaired) electrons. The number of hydrogen-bond donors (Lipinski definition) is 2. The van der Waals surface area contributed by atoms with Gasteiger partial charge in [0.25, 0.3) is 5.91 Å². The zero-order chi connectivity index (χ0) is 19.7. The SMILES string of the molecule is O=C(N[C@H]1CC[C@H](OC(F)(F)F)CC1)c1nc(-n2ccnc2)nc2cc[nH]c12. The molecule has 1 aliphatic rings. The quantitative estimate of drug-likeness (QED) is 0.709. The largest absolute Gasteiger partial charge is 0.522 e. The van der Waals surface area contributed by atoms with Crippen LogP contribution >= 0.6 is 0 Å². The minimum atomic E-state index is -4.63. The maximum absolute atomic E-state index is 12.8. The zero-order valence-electron chi connectivity index (χ0n) is 14.6. The number of nitrogens with one attached hydrogen (secondary N) is 2. The molecule has 0 atom stereocenters. The molecule has 8 nitrogen and oxygen atoms in total. The molecule has 0 aliphatic heterocycles. The van der Waals surface area contributed by atoms with Crippen LogP contribution in [-0.2, 0) is 4.74 Å². The highest BCUT2D eigenvalue weighted by molar-refractivity contribution is 6.03. The van der Waals surface area contributed by atoms with E-state index in [-0.39, 0.29) is 24.6 Å². The summed E-state index contributed by atoms with van der Waals surface area (Å²) >= 11 is 0. The van der Waals surface area contributed by atoms with E-state index in [1.54, 1.807) is 29.2 Å². The molecule has 2 N–H and O–H groups in total. The van der Waals surface area contributed by atoms with Crippen LogP contribution in [0.15, 0.2) is 31.0 Å². The van der Waals surface area contributed by atoms with Crippen LogP contribution in [0, 0.1) is 0 Å². The van der Waals surface area contributed by atoms with E-state index in [2.05, 4.69) is 30.0 Å². The van der Waals surface area contributed by atoms with Gasteiger partial charge in [0.2, 0.25) is 5.95 Å². The van der Waals surface area contributed by atoms with Crippen molar-refractivity contribution in [1.29, 1.82) is 0 Å². The number of halogens is 3. The number of H-pyrrole nitrogens is 1. The molecule has 1 amide bonds. The monoisotopic (exact) mass is 394 g/mol. The van der Waals surface area contributed by atoms with E-state index in [1.807, 2.05) is 0 Å². The molecular weight excluding hydrogens is 377 g/mol. The molecule has 0 aromatic carbocycles. The summed E-state index contributed by atoms with van der Waals surface area (Å²) in [7, 11) is 0. The molecule has 148 valence electrons. The molecule has 1 fully saturated rings. The Balaban J connectivity index is 1.48. The summed E-state index contributed by atoms with van der Waals surface area (Å²) in [4.78, 5) is 28.4. The number of aromatic nitrogens is 5. The molecule has 0 unspecified atom stereocenters. The first-order chi connectivity index (χ1) is 13.4. The van der Waals surface area contributed by atoms with Crippen molar-refractivity contribution in [3.63, 3.8) is 0 Å². The lowest BCUT2D eigenvalue weighted by molar-refractivity contribution is -0.345. The number of fused-ring (bicyclic) bond motifs is 1. The lowest BCUT2D eigenvalue weighted by Crippen LogP contribution is -2.40. The van der Waals surface area contributed by atoms with Crippen LogP contribution in [0.2, 0.25) is 0 Å². The first kappa shape index (κ1) is 18.4. The molecule has 0 bridgehead atoms. The second-order valence-corrected chi connectivity index (χ2v) is 6.59. The van der Waals surface area contributed by atoms with Crippen molar-refractivity contribution >= 4 is 16.9 Å². The Morgan fingerprint density at radius 3 is 2.71 bits per heavy atom. The lowest BCUT2D eigenvalue weighted by Gasteiger charge is -2.29. The summed E-state index contributed by atoms with van der Waals surface area (Å²) in [5, 5.41) is 2.86. The van der Waals surface area contributed by atoms with Gasteiger partial charge in [0.15, 0.2) is 5.69 Å². The molecule has 0 spiro atoms. The van der Waals surface area contributed by atoms with Gasteiger partial charge in [-0.25, -0.2) is 15.0 Å². The molecular formula is C17H17F3N6O2. The van der Waals surface area contributed by atoms with Crippen molar-refractivity contribution < 1.29 is 22.7 Å². The van der Waals surface area contributed by atoms with E-state index in [4.69, 9.17) is 0 Å². The van der Waals surface area contributed by atoms with Crippen molar-refractivity contribution in [2.75, 3.05) is 0 Å². The average Bonchev–Trinajstić information content (AvgIpc) is 3.32. The molecule has 4 rings (SSSR count). The van der Waals surface area contributed by atoms with Gasteiger partial charge in [-0.15, -0.1) is 13.2 Å². The van der Waals surface area contributed by atoms with Crippen LogP contribution in [0.25, 0.3) is 17.0 Å². The van der Waals surface area contributed by atoms with Gasteiger partial charge >= 0.3 is 6.36 Å². The zero-order valence-corrected chi connectivity index (χ0v) is 14.6. The fourth-order valence-corrected chi connectivity index (χ4v) is 3.36. The van der Waals surface area contributed by atoms with Crippen molar-refractivity contribution in [2.24, 2.45) is 0 Å². The number of carbonyl (C=O) groups excluding carboxylic acids is 1. The molecule has 3 heterocycles. The van der Waals surface area contributed by atoms with E-state index in [0.717, 1.165) is 0 Å². The summed E-state index contributed by atoms with van der Waals surface area (Å²) in [6.45, 7) is 0. The first-order valence-electron chi connectivity index (χ1n) is 8.78. The Morgan fingerprint density at radius 2 is 2.04 bits per heavy atom. The number of amides is 1. The fourth-order valence-electron chi connectivity index (χ4n) is 3.36. The lowest BCUT2D eigenvalue weighted by atomic mass is 9.93. The Labute approximate surface area is 157 Å². The number of carbonyl (C=O) groups is 1.